The number of imidazole rings is 1. The fraction of sp³-hybridized carbons (Fsp3) is 0.364. The van der Waals surface area contributed by atoms with Crippen molar-refractivity contribution < 1.29 is 18.9 Å². The number of rotatable bonds is 2. The molecule has 10 heteroatoms. The second-order valence-electron chi connectivity index (χ2n) is 8.67. The molecule has 164 valence electrons. The van der Waals surface area contributed by atoms with E-state index in [4.69, 9.17) is 15.1 Å². The van der Waals surface area contributed by atoms with Crippen molar-refractivity contribution in [3.05, 3.63) is 53.6 Å². The van der Waals surface area contributed by atoms with Gasteiger partial charge in [-0.25, -0.2) is 14.0 Å². The van der Waals surface area contributed by atoms with Gasteiger partial charge >= 0.3 is 0 Å². The Hall–Kier alpha value is -3.37. The van der Waals surface area contributed by atoms with Crippen LogP contribution in [-0.4, -0.2) is 30.0 Å². The number of hydrogen-bond donors (Lipinski definition) is 2. The Morgan fingerprint density at radius 2 is 2.00 bits per heavy atom. The van der Waals surface area contributed by atoms with Crippen molar-refractivity contribution in [1.82, 2.24) is 24.8 Å². The Morgan fingerprint density at radius 3 is 2.75 bits per heavy atom. The van der Waals surface area contributed by atoms with E-state index in [1.807, 2.05) is 10.6 Å². The smallest absolute Gasteiger partial charge is 0.199 e. The first kappa shape index (κ1) is 19.3. The summed E-state index contributed by atoms with van der Waals surface area (Å²) in [4.78, 5) is 8.76. The Balaban J connectivity index is 1.40. The Morgan fingerprint density at radius 1 is 1.19 bits per heavy atom. The van der Waals surface area contributed by atoms with Gasteiger partial charge in [-0.15, -0.1) is 0 Å². The van der Waals surface area contributed by atoms with Crippen LogP contribution in [0.25, 0.3) is 22.6 Å². The van der Waals surface area contributed by atoms with E-state index >= 15 is 0 Å². The molecule has 3 N–H and O–H groups in total. The van der Waals surface area contributed by atoms with Crippen LogP contribution in [0.1, 0.15) is 49.8 Å². The molecule has 1 aliphatic heterocycles. The molecule has 1 aromatic carbocycles. The zero-order chi connectivity index (χ0) is 22.1. The molecule has 32 heavy (non-hydrogen) atoms. The quantitative estimate of drug-likeness (QED) is 0.490. The fourth-order valence-electron chi connectivity index (χ4n) is 5.31. The highest BCUT2D eigenvalue weighted by atomic mass is 19.1. The summed E-state index contributed by atoms with van der Waals surface area (Å²) >= 11 is 0. The summed E-state index contributed by atoms with van der Waals surface area (Å²) in [5.74, 6) is -1.11. The van der Waals surface area contributed by atoms with Crippen LogP contribution in [-0.2, 0) is 16.1 Å². The molecule has 0 radical (unpaired) electrons. The lowest BCUT2D eigenvalue weighted by atomic mass is 9.77. The number of nitrogen functional groups attached to an aromatic ring is 1. The molecular formula is C22H21FN6O3. The van der Waals surface area contributed by atoms with Crippen molar-refractivity contribution in [3.63, 3.8) is 0 Å². The van der Waals surface area contributed by atoms with E-state index in [9.17, 15) is 9.50 Å². The van der Waals surface area contributed by atoms with Crippen molar-refractivity contribution in [2.75, 3.05) is 5.73 Å². The monoisotopic (exact) mass is 436 g/mol. The fourth-order valence-corrected chi connectivity index (χ4v) is 5.31. The van der Waals surface area contributed by atoms with Gasteiger partial charge in [0.15, 0.2) is 23.1 Å². The van der Waals surface area contributed by atoms with Crippen molar-refractivity contribution in [2.45, 2.75) is 50.0 Å². The zero-order valence-electron chi connectivity index (χ0n) is 17.3. The molecule has 0 saturated heterocycles. The summed E-state index contributed by atoms with van der Waals surface area (Å²) in [5.41, 5.74) is 8.71. The summed E-state index contributed by atoms with van der Waals surface area (Å²) in [6.45, 7) is 1.66. The molecular weight excluding hydrogens is 415 g/mol. The maximum Gasteiger partial charge on any atom is 0.199 e. The van der Waals surface area contributed by atoms with Crippen LogP contribution in [0.3, 0.4) is 0 Å². The van der Waals surface area contributed by atoms with Gasteiger partial charge in [0.25, 0.3) is 0 Å². The van der Waals surface area contributed by atoms with Crippen molar-refractivity contribution in [3.8, 4) is 11.5 Å². The molecule has 1 unspecified atom stereocenters. The van der Waals surface area contributed by atoms with Gasteiger partial charge in [0.05, 0.1) is 16.6 Å². The van der Waals surface area contributed by atoms with Crippen LogP contribution in [0.5, 0.6) is 0 Å². The van der Waals surface area contributed by atoms with Gasteiger partial charge < -0.3 is 20.1 Å². The van der Waals surface area contributed by atoms with E-state index in [2.05, 4.69) is 20.3 Å². The number of ether oxygens (including phenoxy) is 1. The number of nitrogens with zero attached hydrogens (tertiary/aromatic N) is 5. The van der Waals surface area contributed by atoms with E-state index in [-0.39, 0.29) is 17.7 Å². The molecule has 4 heterocycles. The Labute approximate surface area is 182 Å². The highest BCUT2D eigenvalue weighted by Crippen LogP contribution is 2.54. The molecule has 1 atom stereocenters. The maximum atomic E-state index is 13.9. The van der Waals surface area contributed by atoms with Gasteiger partial charge in [0.1, 0.15) is 5.82 Å². The number of hydrogen-bond acceptors (Lipinski definition) is 8. The number of aromatic nitrogens is 5. The average Bonchev–Trinajstić information content (AvgIpc) is 3.42. The normalized spacial score (nSPS) is 27.3. The molecule has 0 amide bonds. The number of pyridine rings is 1. The highest BCUT2D eigenvalue weighted by molar-refractivity contribution is 5.82. The molecule has 0 bridgehead atoms. The lowest BCUT2D eigenvalue weighted by Crippen LogP contribution is -2.35. The van der Waals surface area contributed by atoms with Crippen molar-refractivity contribution in [1.29, 1.82) is 0 Å². The number of nitrogens with two attached hydrogens (primary N) is 1. The van der Waals surface area contributed by atoms with Gasteiger partial charge in [0.2, 0.25) is 0 Å². The predicted octanol–water partition coefficient (Wildman–Crippen LogP) is 3.41. The standard InChI is InChI=1S/C22H21FN6O3/c1-21(30)15-11-25-9-6-14(15)22(31-21)7-4-13(5-8-22)29-17-3-2-12(23)10-16(17)26-20(29)18-19(24)28-32-27-18/h2-3,6,9-11,13,30H,4-5,7-8H2,1H3,(H2,24,28). The van der Waals surface area contributed by atoms with E-state index < -0.39 is 11.4 Å². The molecule has 1 aliphatic carbocycles. The summed E-state index contributed by atoms with van der Waals surface area (Å²) in [5, 5.41) is 18.4. The van der Waals surface area contributed by atoms with E-state index in [0.29, 0.717) is 35.4 Å². The van der Waals surface area contributed by atoms with Crippen LogP contribution in [0, 0.1) is 5.82 Å². The lowest BCUT2D eigenvalue weighted by Gasteiger charge is -2.39. The topological polar surface area (TPSA) is 125 Å². The minimum absolute atomic E-state index is 0.0432. The van der Waals surface area contributed by atoms with E-state index in [1.165, 1.54) is 12.1 Å². The van der Waals surface area contributed by atoms with Crippen LogP contribution in [0.15, 0.2) is 41.3 Å². The lowest BCUT2D eigenvalue weighted by molar-refractivity contribution is -0.257. The SMILES string of the molecule is CC1(O)OC2(CCC(n3c(-c4nonc4N)nc4cc(F)ccc43)CC2)c2ccncc21. The third-order valence-corrected chi connectivity index (χ3v) is 6.71. The second kappa shape index (κ2) is 6.57. The number of fused-ring (bicyclic) bond motifs is 3. The third kappa shape index (κ3) is 2.69. The molecule has 1 spiro atoms. The largest absolute Gasteiger partial charge is 0.379 e. The first-order valence-corrected chi connectivity index (χ1v) is 10.5. The predicted molar refractivity (Wildman–Crippen MR) is 111 cm³/mol. The van der Waals surface area contributed by atoms with Crippen molar-refractivity contribution in [2.24, 2.45) is 0 Å². The van der Waals surface area contributed by atoms with Gasteiger partial charge in [-0.05, 0) is 66.7 Å². The minimum Gasteiger partial charge on any atom is -0.379 e. The highest BCUT2D eigenvalue weighted by Gasteiger charge is 2.52. The molecule has 6 rings (SSSR count). The summed E-state index contributed by atoms with van der Waals surface area (Å²) in [7, 11) is 0. The summed E-state index contributed by atoms with van der Waals surface area (Å²) in [6.07, 6.45) is 6.29. The molecule has 1 saturated carbocycles. The Bertz CT molecular complexity index is 1340. The van der Waals surface area contributed by atoms with Gasteiger partial charge in [-0.1, -0.05) is 0 Å². The van der Waals surface area contributed by atoms with E-state index in [0.717, 1.165) is 23.9 Å². The molecule has 4 aromatic rings. The zero-order valence-corrected chi connectivity index (χ0v) is 17.3. The van der Waals surface area contributed by atoms with Crippen LogP contribution in [0.2, 0.25) is 0 Å². The summed E-state index contributed by atoms with van der Waals surface area (Å²) in [6, 6.07) is 6.50. The second-order valence-corrected chi connectivity index (χ2v) is 8.67. The number of anilines is 1. The van der Waals surface area contributed by atoms with Crippen LogP contribution in [0.4, 0.5) is 10.2 Å². The van der Waals surface area contributed by atoms with Crippen LogP contribution < -0.4 is 5.73 Å². The van der Waals surface area contributed by atoms with Gasteiger partial charge in [-0.2, -0.15) is 0 Å². The number of benzene rings is 1. The number of halogens is 1. The number of aliphatic hydroxyl groups is 1. The summed E-state index contributed by atoms with van der Waals surface area (Å²) < 4.78 is 26.9. The third-order valence-electron chi connectivity index (χ3n) is 6.71. The Kier molecular flexibility index (Phi) is 3.96. The van der Waals surface area contributed by atoms with E-state index in [1.54, 1.807) is 25.4 Å². The average molecular weight is 436 g/mol. The first-order valence-electron chi connectivity index (χ1n) is 10.5. The molecule has 2 aliphatic rings. The van der Waals surface area contributed by atoms with Crippen molar-refractivity contribution >= 4 is 16.9 Å². The first-order chi connectivity index (χ1) is 15.4. The van der Waals surface area contributed by atoms with Gasteiger partial charge in [-0.3, -0.25) is 4.98 Å². The van der Waals surface area contributed by atoms with Gasteiger partial charge in [0, 0.05) is 30.1 Å². The van der Waals surface area contributed by atoms with Crippen LogP contribution >= 0.6 is 0 Å². The molecule has 9 nitrogen and oxygen atoms in total. The minimum atomic E-state index is -1.37. The molecule has 1 fully saturated rings. The molecule has 3 aromatic heterocycles. The maximum absolute atomic E-state index is 13.9.